The van der Waals surface area contributed by atoms with E-state index in [1.165, 1.54) is 12.8 Å². The summed E-state index contributed by atoms with van der Waals surface area (Å²) in [5.41, 5.74) is 2.13. The second kappa shape index (κ2) is 8.22. The average molecular weight is 327 g/mol. The van der Waals surface area contributed by atoms with E-state index < -0.39 is 0 Å². The van der Waals surface area contributed by atoms with Crippen LogP contribution < -0.4 is 4.74 Å². The fourth-order valence-corrected chi connectivity index (χ4v) is 2.97. The molecular formula is C19H25N3O2. The molecule has 24 heavy (non-hydrogen) atoms. The van der Waals surface area contributed by atoms with Gasteiger partial charge < -0.3 is 9.47 Å². The van der Waals surface area contributed by atoms with E-state index in [9.17, 15) is 0 Å². The molecule has 0 amide bonds. The zero-order valence-corrected chi connectivity index (χ0v) is 14.4. The zero-order valence-electron chi connectivity index (χ0n) is 14.4. The van der Waals surface area contributed by atoms with Crippen LogP contribution in [-0.4, -0.2) is 47.8 Å². The summed E-state index contributed by atoms with van der Waals surface area (Å²) in [7, 11) is 1.66. The second-order valence-electron chi connectivity index (χ2n) is 6.11. The van der Waals surface area contributed by atoms with Gasteiger partial charge in [-0.05, 0) is 43.7 Å². The molecule has 1 aromatic heterocycles. The lowest BCUT2D eigenvalue weighted by Crippen LogP contribution is -2.31. The molecular weight excluding hydrogens is 302 g/mol. The van der Waals surface area contributed by atoms with Crippen LogP contribution in [-0.2, 0) is 11.3 Å². The van der Waals surface area contributed by atoms with Gasteiger partial charge in [0.1, 0.15) is 5.75 Å². The van der Waals surface area contributed by atoms with Crippen molar-refractivity contribution in [3.05, 3.63) is 42.2 Å². The van der Waals surface area contributed by atoms with Crippen LogP contribution in [0.5, 0.6) is 5.75 Å². The molecule has 0 N–H and O–H groups in total. The molecule has 2 heterocycles. The largest absolute Gasteiger partial charge is 0.497 e. The van der Waals surface area contributed by atoms with Crippen LogP contribution in [0.1, 0.15) is 25.3 Å². The van der Waals surface area contributed by atoms with Crippen molar-refractivity contribution >= 4 is 0 Å². The van der Waals surface area contributed by atoms with Crippen LogP contribution in [0, 0.1) is 0 Å². The smallest absolute Gasteiger partial charge is 0.159 e. The molecule has 128 valence electrons. The van der Waals surface area contributed by atoms with Crippen LogP contribution in [0.4, 0.5) is 0 Å². The third-order valence-electron chi connectivity index (χ3n) is 4.39. The van der Waals surface area contributed by atoms with Crippen LogP contribution >= 0.6 is 0 Å². The maximum absolute atomic E-state index is 5.74. The molecule has 1 atom stereocenters. The zero-order chi connectivity index (χ0) is 16.8. The highest BCUT2D eigenvalue weighted by molar-refractivity contribution is 5.55. The van der Waals surface area contributed by atoms with E-state index in [0.717, 1.165) is 48.9 Å². The second-order valence-corrected chi connectivity index (χ2v) is 6.11. The fraction of sp³-hybridized carbons (Fsp3) is 0.474. The molecule has 0 saturated carbocycles. The first-order valence-electron chi connectivity index (χ1n) is 8.57. The van der Waals surface area contributed by atoms with Gasteiger partial charge in [-0.2, -0.15) is 0 Å². The van der Waals surface area contributed by atoms with Crippen molar-refractivity contribution in [3.63, 3.8) is 0 Å². The standard InChI is InChI=1S/C19H25N3O2/c1-3-22(14-18-5-4-10-24-18)13-15-11-20-19(21-12-15)16-6-8-17(23-2)9-7-16/h6-9,11-12,18H,3-5,10,13-14H2,1-2H3. The molecule has 1 aliphatic heterocycles. The minimum atomic E-state index is 0.379. The number of likely N-dealkylation sites (N-methyl/N-ethyl adjacent to an activating group) is 1. The van der Waals surface area contributed by atoms with Gasteiger partial charge >= 0.3 is 0 Å². The highest BCUT2D eigenvalue weighted by Gasteiger charge is 2.18. The quantitative estimate of drug-likeness (QED) is 0.782. The van der Waals surface area contributed by atoms with Gasteiger partial charge in [-0.25, -0.2) is 9.97 Å². The lowest BCUT2D eigenvalue weighted by molar-refractivity contribution is 0.0724. The Morgan fingerprint density at radius 2 is 1.96 bits per heavy atom. The normalized spacial score (nSPS) is 17.4. The number of benzene rings is 1. The summed E-state index contributed by atoms with van der Waals surface area (Å²) >= 11 is 0. The summed E-state index contributed by atoms with van der Waals surface area (Å²) in [6.45, 7) is 5.93. The lowest BCUT2D eigenvalue weighted by Gasteiger charge is -2.23. The molecule has 1 saturated heterocycles. The first-order valence-corrected chi connectivity index (χ1v) is 8.57. The summed E-state index contributed by atoms with van der Waals surface area (Å²) < 4.78 is 10.9. The van der Waals surface area contributed by atoms with E-state index in [4.69, 9.17) is 9.47 Å². The van der Waals surface area contributed by atoms with Crippen molar-refractivity contribution in [2.24, 2.45) is 0 Å². The van der Waals surface area contributed by atoms with E-state index >= 15 is 0 Å². The van der Waals surface area contributed by atoms with Crippen LogP contribution in [0.25, 0.3) is 11.4 Å². The van der Waals surface area contributed by atoms with Gasteiger partial charge in [-0.15, -0.1) is 0 Å². The molecule has 1 aromatic carbocycles. The van der Waals surface area contributed by atoms with E-state index in [1.807, 2.05) is 36.7 Å². The number of hydrogen-bond acceptors (Lipinski definition) is 5. The Morgan fingerprint density at radius 1 is 1.21 bits per heavy atom. The Balaban J connectivity index is 1.62. The Bertz CT molecular complexity index is 622. The summed E-state index contributed by atoms with van der Waals surface area (Å²) in [5.74, 6) is 1.58. The van der Waals surface area contributed by atoms with Crippen molar-refractivity contribution < 1.29 is 9.47 Å². The molecule has 3 rings (SSSR count). The lowest BCUT2D eigenvalue weighted by atomic mass is 10.2. The van der Waals surface area contributed by atoms with Crippen LogP contribution in [0.3, 0.4) is 0 Å². The fourth-order valence-electron chi connectivity index (χ4n) is 2.97. The summed E-state index contributed by atoms with van der Waals surface area (Å²) in [4.78, 5) is 11.4. The van der Waals surface area contributed by atoms with Gasteiger partial charge in [0.15, 0.2) is 5.82 Å². The number of nitrogens with zero attached hydrogens (tertiary/aromatic N) is 3. The molecule has 5 heteroatoms. The summed E-state index contributed by atoms with van der Waals surface area (Å²) in [6, 6.07) is 7.80. The number of rotatable bonds is 7. The first kappa shape index (κ1) is 16.9. The molecule has 1 aliphatic rings. The van der Waals surface area contributed by atoms with Crippen LogP contribution in [0.2, 0.25) is 0 Å². The number of methoxy groups -OCH3 is 1. The summed E-state index contributed by atoms with van der Waals surface area (Å²) in [6.07, 6.45) is 6.57. The van der Waals surface area contributed by atoms with Gasteiger partial charge in [-0.3, -0.25) is 4.90 Å². The molecule has 1 unspecified atom stereocenters. The summed E-state index contributed by atoms with van der Waals surface area (Å²) in [5, 5.41) is 0. The predicted molar refractivity (Wildman–Crippen MR) is 93.9 cm³/mol. The number of hydrogen-bond donors (Lipinski definition) is 0. The van der Waals surface area contributed by atoms with Crippen molar-refractivity contribution in [1.82, 2.24) is 14.9 Å². The van der Waals surface area contributed by atoms with Crippen molar-refractivity contribution in [2.45, 2.75) is 32.4 Å². The minimum absolute atomic E-state index is 0.379. The van der Waals surface area contributed by atoms with Gasteiger partial charge in [-0.1, -0.05) is 6.92 Å². The van der Waals surface area contributed by atoms with Crippen molar-refractivity contribution in [1.29, 1.82) is 0 Å². The predicted octanol–water partition coefficient (Wildman–Crippen LogP) is 3.15. The number of ether oxygens (including phenoxy) is 2. The molecule has 0 aliphatic carbocycles. The van der Waals surface area contributed by atoms with Gasteiger partial charge in [0.05, 0.1) is 13.2 Å². The van der Waals surface area contributed by atoms with Crippen molar-refractivity contribution in [2.75, 3.05) is 26.8 Å². The first-order chi connectivity index (χ1) is 11.8. The monoisotopic (exact) mass is 327 g/mol. The van der Waals surface area contributed by atoms with E-state index in [1.54, 1.807) is 7.11 Å². The SMILES string of the molecule is CCN(Cc1cnc(-c2ccc(OC)cc2)nc1)CC1CCCO1. The van der Waals surface area contributed by atoms with E-state index in [0.29, 0.717) is 6.10 Å². The molecule has 2 aromatic rings. The molecule has 5 nitrogen and oxygen atoms in total. The van der Waals surface area contributed by atoms with E-state index in [2.05, 4.69) is 21.8 Å². The van der Waals surface area contributed by atoms with Gasteiger partial charge in [0.25, 0.3) is 0 Å². The maximum Gasteiger partial charge on any atom is 0.159 e. The Morgan fingerprint density at radius 3 is 2.54 bits per heavy atom. The minimum Gasteiger partial charge on any atom is -0.497 e. The Labute approximate surface area is 143 Å². The topological polar surface area (TPSA) is 47.5 Å². The van der Waals surface area contributed by atoms with Crippen molar-refractivity contribution in [3.8, 4) is 17.1 Å². The third-order valence-corrected chi connectivity index (χ3v) is 4.39. The third kappa shape index (κ3) is 4.30. The highest BCUT2D eigenvalue weighted by atomic mass is 16.5. The average Bonchev–Trinajstić information content (AvgIpc) is 3.15. The Hall–Kier alpha value is -1.98. The maximum atomic E-state index is 5.74. The van der Waals surface area contributed by atoms with Crippen LogP contribution in [0.15, 0.2) is 36.7 Å². The Kier molecular flexibility index (Phi) is 5.77. The molecule has 0 spiro atoms. The molecule has 1 fully saturated rings. The molecule has 0 radical (unpaired) electrons. The van der Waals surface area contributed by atoms with Gasteiger partial charge in [0, 0.05) is 43.2 Å². The number of aromatic nitrogens is 2. The van der Waals surface area contributed by atoms with E-state index in [-0.39, 0.29) is 0 Å². The van der Waals surface area contributed by atoms with Gasteiger partial charge in [0.2, 0.25) is 0 Å². The molecule has 0 bridgehead atoms. The highest BCUT2D eigenvalue weighted by Crippen LogP contribution is 2.19.